The predicted molar refractivity (Wildman–Crippen MR) is 122 cm³/mol. The molecule has 33 heavy (non-hydrogen) atoms. The fourth-order valence-corrected chi connectivity index (χ4v) is 5.94. The Labute approximate surface area is 194 Å². The average molecular weight is 468 g/mol. The number of thiol groups is 1. The Balaban J connectivity index is 1.70. The van der Waals surface area contributed by atoms with Gasteiger partial charge in [-0.15, -0.1) is 0 Å². The van der Waals surface area contributed by atoms with Gasteiger partial charge in [-0.05, 0) is 48.9 Å². The number of pyridine rings is 2. The molecule has 0 fully saturated rings. The Hall–Kier alpha value is -2.75. The summed E-state index contributed by atoms with van der Waals surface area (Å²) in [4.78, 5) is 30.6. The van der Waals surface area contributed by atoms with E-state index in [4.69, 9.17) is 9.72 Å². The van der Waals surface area contributed by atoms with Gasteiger partial charge in [-0.25, -0.2) is 14.2 Å². The van der Waals surface area contributed by atoms with Crippen molar-refractivity contribution in [1.29, 1.82) is 0 Å². The first-order valence-electron chi connectivity index (χ1n) is 11.0. The maximum atomic E-state index is 14.7. The number of aromatic nitrogens is 2. The quantitative estimate of drug-likeness (QED) is 0.310. The summed E-state index contributed by atoms with van der Waals surface area (Å²) in [5.74, 6) is -1.07. The molecule has 0 radical (unpaired) electrons. The summed E-state index contributed by atoms with van der Waals surface area (Å²) in [5, 5.41) is 12.0. The smallest absolute Gasteiger partial charge is 0.343 e. The molecule has 2 aliphatic heterocycles. The second-order valence-corrected chi connectivity index (χ2v) is 9.29. The average Bonchev–Trinajstić information content (AvgIpc) is 3.18. The molecule has 3 aliphatic rings. The maximum Gasteiger partial charge on any atom is 0.343 e. The largest absolute Gasteiger partial charge is 0.458 e. The molecule has 4 heterocycles. The van der Waals surface area contributed by atoms with Crippen LogP contribution in [0.25, 0.3) is 22.3 Å². The van der Waals surface area contributed by atoms with Crippen LogP contribution in [-0.2, 0) is 34.7 Å². The summed E-state index contributed by atoms with van der Waals surface area (Å²) < 4.78 is 24.6. The zero-order valence-electron chi connectivity index (χ0n) is 18.2. The van der Waals surface area contributed by atoms with Crippen LogP contribution in [0.1, 0.15) is 59.2 Å². The lowest BCUT2D eigenvalue weighted by molar-refractivity contribution is -0.172. The van der Waals surface area contributed by atoms with Crippen molar-refractivity contribution >= 4 is 29.7 Å². The summed E-state index contributed by atoms with van der Waals surface area (Å²) in [7, 11) is 0. The van der Waals surface area contributed by atoms with Crippen LogP contribution in [0.4, 0.5) is 4.39 Å². The van der Waals surface area contributed by atoms with E-state index in [9.17, 15) is 19.1 Å². The van der Waals surface area contributed by atoms with Gasteiger partial charge in [-0.1, -0.05) is 19.7 Å². The van der Waals surface area contributed by atoms with Gasteiger partial charge in [-0.2, -0.15) is 0 Å². The Morgan fingerprint density at radius 1 is 1.33 bits per heavy atom. The van der Waals surface area contributed by atoms with E-state index in [1.807, 2.05) is 0 Å². The summed E-state index contributed by atoms with van der Waals surface area (Å²) >= 11 is 4.35. The topological polar surface area (TPSA) is 93.5 Å². The number of esters is 1. The number of aliphatic hydroxyl groups is 1. The van der Waals surface area contributed by atoms with Crippen molar-refractivity contribution in [2.45, 2.75) is 57.9 Å². The first-order chi connectivity index (χ1) is 15.8. The highest BCUT2D eigenvalue weighted by atomic mass is 32.1. The van der Waals surface area contributed by atoms with Gasteiger partial charge in [0.05, 0.1) is 29.0 Å². The van der Waals surface area contributed by atoms with E-state index in [0.29, 0.717) is 35.4 Å². The number of nitrogens with one attached hydrogen (secondary N) is 1. The molecule has 2 atom stereocenters. The third kappa shape index (κ3) is 2.55. The Kier molecular flexibility index (Phi) is 4.34. The van der Waals surface area contributed by atoms with Crippen LogP contribution in [-0.4, -0.2) is 20.6 Å². The molecule has 0 amide bonds. The lowest BCUT2D eigenvalue weighted by Gasteiger charge is -2.31. The fraction of sp³-hybridized carbons (Fsp3) is 0.375. The number of nitrogens with zero attached hydrogens (tertiary/aromatic N) is 2. The van der Waals surface area contributed by atoms with Gasteiger partial charge in [0.25, 0.3) is 5.56 Å². The summed E-state index contributed by atoms with van der Waals surface area (Å²) in [6.45, 7) is 3.57. The third-order valence-electron chi connectivity index (χ3n) is 7.53. The first kappa shape index (κ1) is 20.8. The zero-order chi connectivity index (χ0) is 23.2. The SMILES string of the molecule is CC[C@@]1(O)C(=O)OCc2c1cc1n(c2=O)Cc2c-1nc1cc(F)c(C)c3c1c2[C@@H](NS)CC3. The van der Waals surface area contributed by atoms with E-state index in [-0.39, 0.29) is 41.6 Å². The van der Waals surface area contributed by atoms with Gasteiger partial charge in [0.2, 0.25) is 0 Å². The highest BCUT2D eigenvalue weighted by Gasteiger charge is 2.45. The number of hydrogen-bond acceptors (Lipinski definition) is 7. The van der Waals surface area contributed by atoms with Gasteiger partial charge in [0, 0.05) is 28.6 Å². The van der Waals surface area contributed by atoms with E-state index >= 15 is 0 Å². The number of hydrogen-bond donors (Lipinski definition) is 3. The number of carbonyl (C=O) groups excluding carboxylic acids is 1. The Morgan fingerprint density at radius 2 is 2.12 bits per heavy atom. The van der Waals surface area contributed by atoms with Crippen LogP contribution in [0.2, 0.25) is 0 Å². The van der Waals surface area contributed by atoms with E-state index in [2.05, 4.69) is 17.5 Å². The number of carbonyl (C=O) groups is 1. The summed E-state index contributed by atoms with van der Waals surface area (Å²) in [6, 6.07) is 3.04. The molecule has 9 heteroatoms. The molecule has 7 nitrogen and oxygen atoms in total. The van der Waals surface area contributed by atoms with E-state index in [1.165, 1.54) is 6.07 Å². The van der Waals surface area contributed by atoms with Gasteiger partial charge >= 0.3 is 5.97 Å². The molecule has 0 saturated heterocycles. The van der Waals surface area contributed by atoms with Crippen LogP contribution in [0.3, 0.4) is 0 Å². The number of ether oxygens (including phenoxy) is 1. The second kappa shape index (κ2) is 6.88. The number of halogens is 1. The number of benzene rings is 1. The van der Waals surface area contributed by atoms with Crippen LogP contribution in [0, 0.1) is 12.7 Å². The van der Waals surface area contributed by atoms with Crippen molar-refractivity contribution in [3.8, 4) is 11.4 Å². The van der Waals surface area contributed by atoms with Crippen LogP contribution in [0.5, 0.6) is 0 Å². The minimum atomic E-state index is -1.89. The van der Waals surface area contributed by atoms with Gasteiger partial charge in [0.1, 0.15) is 12.4 Å². The van der Waals surface area contributed by atoms with Gasteiger partial charge in [-0.3, -0.25) is 9.52 Å². The molecule has 0 unspecified atom stereocenters. The normalized spacial score (nSPS) is 22.7. The van der Waals surface area contributed by atoms with Crippen molar-refractivity contribution in [1.82, 2.24) is 14.3 Å². The molecule has 6 rings (SSSR count). The standard InChI is InChI=1S/C24H22FN3O4S/c1-3-24(31)14-6-18-21-12(8-28(18)22(29)13(14)9-32-23(24)30)20-16(27-33)5-4-11-10(2)15(25)7-17(26-21)19(11)20/h6-7,16,27,31,33H,3-5,8-9H2,1-2H3/t16-,24-/m0/s1. The highest BCUT2D eigenvalue weighted by Crippen LogP contribution is 2.45. The molecule has 0 saturated carbocycles. The minimum absolute atomic E-state index is 0.0739. The van der Waals surface area contributed by atoms with E-state index in [1.54, 1.807) is 24.5 Å². The lowest BCUT2D eigenvalue weighted by atomic mass is 9.82. The monoisotopic (exact) mass is 467 g/mol. The number of rotatable bonds is 2. The van der Waals surface area contributed by atoms with Crippen molar-refractivity contribution in [3.63, 3.8) is 0 Å². The second-order valence-electron chi connectivity index (χ2n) is 9.03. The molecule has 1 aliphatic carbocycles. The third-order valence-corrected chi connectivity index (χ3v) is 7.85. The summed E-state index contributed by atoms with van der Waals surface area (Å²) in [6.07, 6.45) is 1.52. The molecule has 2 aromatic heterocycles. The van der Waals surface area contributed by atoms with Gasteiger partial charge < -0.3 is 14.4 Å². The molecule has 0 spiro atoms. The Morgan fingerprint density at radius 3 is 2.85 bits per heavy atom. The first-order valence-corrected chi connectivity index (χ1v) is 11.5. The van der Waals surface area contributed by atoms with E-state index in [0.717, 1.165) is 28.5 Å². The fourth-order valence-electron chi connectivity index (χ4n) is 5.68. The molecule has 1 aromatic carbocycles. The van der Waals surface area contributed by atoms with Crippen molar-refractivity contribution in [3.05, 3.63) is 61.7 Å². The van der Waals surface area contributed by atoms with Crippen LogP contribution in [0.15, 0.2) is 16.9 Å². The highest BCUT2D eigenvalue weighted by molar-refractivity contribution is 7.78. The molecular formula is C24H22FN3O4S. The predicted octanol–water partition coefficient (Wildman–Crippen LogP) is 2.95. The van der Waals surface area contributed by atoms with E-state index < -0.39 is 11.6 Å². The molecule has 2 N–H and O–H groups in total. The van der Waals surface area contributed by atoms with Crippen LogP contribution < -0.4 is 10.3 Å². The number of cyclic esters (lactones) is 1. The molecule has 0 bridgehead atoms. The van der Waals surface area contributed by atoms with Crippen molar-refractivity contribution in [2.75, 3.05) is 0 Å². The van der Waals surface area contributed by atoms with Crippen molar-refractivity contribution < 1.29 is 19.0 Å². The van der Waals surface area contributed by atoms with Crippen molar-refractivity contribution in [2.24, 2.45) is 0 Å². The summed E-state index contributed by atoms with van der Waals surface area (Å²) in [5.41, 5.74) is 3.37. The number of fused-ring (bicyclic) bond motifs is 5. The molecular weight excluding hydrogens is 445 g/mol. The lowest BCUT2D eigenvalue weighted by Crippen LogP contribution is -2.44. The molecule has 170 valence electrons. The van der Waals surface area contributed by atoms with Crippen LogP contribution >= 0.6 is 12.8 Å². The zero-order valence-corrected chi connectivity index (χ0v) is 19.1. The maximum absolute atomic E-state index is 14.7. The Bertz CT molecular complexity index is 1470. The number of aryl methyl sites for hydroxylation is 1. The minimum Gasteiger partial charge on any atom is -0.458 e. The molecule has 3 aromatic rings. The van der Waals surface area contributed by atoms with Gasteiger partial charge in [0.15, 0.2) is 5.60 Å².